The van der Waals surface area contributed by atoms with E-state index in [0.29, 0.717) is 12.1 Å². The highest BCUT2D eigenvalue weighted by molar-refractivity contribution is 9.10. The van der Waals surface area contributed by atoms with Crippen LogP contribution in [0.25, 0.3) is 0 Å². The van der Waals surface area contributed by atoms with Gasteiger partial charge in [-0.3, -0.25) is 9.78 Å². The second-order valence-electron chi connectivity index (χ2n) is 5.03. The van der Waals surface area contributed by atoms with E-state index in [-0.39, 0.29) is 11.5 Å². The molecule has 2 N–H and O–H groups in total. The molecule has 0 bridgehead atoms. The molecule has 0 radical (unpaired) electrons. The molecule has 0 saturated carbocycles. The molecule has 2 aromatic carbocycles. The number of H-pyrrole nitrogens is 1. The van der Waals surface area contributed by atoms with Gasteiger partial charge in [0.25, 0.3) is 5.56 Å². The number of nitrogens with zero attached hydrogens (tertiary/aromatic N) is 3. The number of halogens is 1. The van der Waals surface area contributed by atoms with Gasteiger partial charge in [0, 0.05) is 10.9 Å². The molecule has 1 heterocycles. The maximum absolute atomic E-state index is 12.1. The Kier molecular flexibility index (Phi) is 5.12. The molecule has 0 aliphatic heterocycles. The van der Waals surface area contributed by atoms with E-state index >= 15 is 0 Å². The first-order chi connectivity index (χ1) is 11.7. The van der Waals surface area contributed by atoms with Crippen LogP contribution in [0.1, 0.15) is 16.8 Å². The maximum atomic E-state index is 12.1. The van der Waals surface area contributed by atoms with Crippen molar-refractivity contribution in [2.45, 2.75) is 6.42 Å². The molecule has 0 amide bonds. The van der Waals surface area contributed by atoms with E-state index in [2.05, 4.69) is 41.6 Å². The Hall–Kier alpha value is -2.80. The van der Waals surface area contributed by atoms with Crippen LogP contribution in [0.4, 0.5) is 5.95 Å². The lowest BCUT2D eigenvalue weighted by Gasteiger charge is -2.01. The third kappa shape index (κ3) is 4.36. The van der Waals surface area contributed by atoms with Gasteiger partial charge < -0.3 is 0 Å². The zero-order chi connectivity index (χ0) is 16.8. The Morgan fingerprint density at radius 2 is 1.83 bits per heavy atom. The van der Waals surface area contributed by atoms with Gasteiger partial charge in [-0.25, -0.2) is 5.43 Å². The molecular formula is C17H14BrN5O. The summed E-state index contributed by atoms with van der Waals surface area (Å²) in [5.74, 6) is 0.199. The van der Waals surface area contributed by atoms with Crippen LogP contribution in [0, 0.1) is 0 Å². The van der Waals surface area contributed by atoms with Gasteiger partial charge in [0.05, 0.1) is 6.21 Å². The molecular weight excluding hydrogens is 370 g/mol. The van der Waals surface area contributed by atoms with Crippen LogP contribution in [0.2, 0.25) is 0 Å². The second-order valence-corrected chi connectivity index (χ2v) is 5.95. The lowest BCUT2D eigenvalue weighted by atomic mass is 10.1. The lowest BCUT2D eigenvalue weighted by molar-refractivity contribution is 0.866. The second kappa shape index (κ2) is 7.65. The lowest BCUT2D eigenvalue weighted by Crippen LogP contribution is -2.18. The number of benzene rings is 2. The third-order valence-corrected chi connectivity index (χ3v) is 3.76. The average molecular weight is 384 g/mol. The van der Waals surface area contributed by atoms with Gasteiger partial charge in [0.2, 0.25) is 5.95 Å². The average Bonchev–Trinajstić information content (AvgIpc) is 2.60. The Morgan fingerprint density at radius 3 is 2.54 bits per heavy atom. The number of hydrazone groups is 1. The summed E-state index contributed by atoms with van der Waals surface area (Å²) in [5, 5.41) is 12.0. The number of rotatable bonds is 5. The van der Waals surface area contributed by atoms with Gasteiger partial charge in [0.15, 0.2) is 0 Å². The fourth-order valence-electron chi connectivity index (χ4n) is 2.03. The predicted molar refractivity (Wildman–Crippen MR) is 97.3 cm³/mol. The summed E-state index contributed by atoms with van der Waals surface area (Å²) in [6.07, 6.45) is 2.07. The van der Waals surface area contributed by atoms with Crippen molar-refractivity contribution >= 4 is 28.1 Å². The van der Waals surface area contributed by atoms with E-state index < -0.39 is 0 Å². The van der Waals surface area contributed by atoms with Crippen LogP contribution in [-0.2, 0) is 6.42 Å². The van der Waals surface area contributed by atoms with Crippen molar-refractivity contribution in [2.24, 2.45) is 5.10 Å². The summed E-state index contributed by atoms with van der Waals surface area (Å²) >= 11 is 3.37. The maximum Gasteiger partial charge on any atom is 0.274 e. The molecule has 3 rings (SSSR count). The van der Waals surface area contributed by atoms with Crippen LogP contribution in [0.5, 0.6) is 0 Å². The molecule has 0 spiro atoms. The van der Waals surface area contributed by atoms with E-state index in [0.717, 1.165) is 15.6 Å². The smallest absolute Gasteiger partial charge is 0.274 e. The summed E-state index contributed by atoms with van der Waals surface area (Å²) in [6.45, 7) is 0. The minimum Gasteiger partial charge on any atom is -0.288 e. The van der Waals surface area contributed by atoms with Crippen molar-refractivity contribution in [3.05, 3.63) is 86.2 Å². The molecule has 24 heavy (non-hydrogen) atoms. The largest absolute Gasteiger partial charge is 0.288 e. The number of aromatic amines is 1. The Bertz CT molecular complexity index is 891. The molecule has 0 unspecified atom stereocenters. The monoisotopic (exact) mass is 383 g/mol. The quantitative estimate of drug-likeness (QED) is 0.524. The van der Waals surface area contributed by atoms with Crippen molar-refractivity contribution in [1.29, 1.82) is 0 Å². The van der Waals surface area contributed by atoms with Crippen molar-refractivity contribution in [3.63, 3.8) is 0 Å². The minimum atomic E-state index is -0.282. The fraction of sp³-hybridized carbons (Fsp3) is 0.0588. The topological polar surface area (TPSA) is 83.0 Å². The van der Waals surface area contributed by atoms with Crippen molar-refractivity contribution in [1.82, 2.24) is 15.2 Å². The van der Waals surface area contributed by atoms with Gasteiger partial charge in [-0.15, -0.1) is 10.2 Å². The minimum absolute atomic E-state index is 0.199. The molecule has 0 aliphatic carbocycles. The summed E-state index contributed by atoms with van der Waals surface area (Å²) in [5.41, 5.74) is 4.67. The molecule has 0 aliphatic rings. The van der Waals surface area contributed by atoms with Crippen LogP contribution in [0.15, 0.2) is 69.0 Å². The SMILES string of the molecule is O=c1[nH]c(N/N=C\c2ccc(Br)cc2)nnc1Cc1ccccc1. The first kappa shape index (κ1) is 16.1. The zero-order valence-electron chi connectivity index (χ0n) is 12.6. The molecule has 7 heteroatoms. The summed E-state index contributed by atoms with van der Waals surface area (Å²) < 4.78 is 0.997. The van der Waals surface area contributed by atoms with E-state index in [9.17, 15) is 4.79 Å². The first-order valence-electron chi connectivity index (χ1n) is 7.25. The standard InChI is InChI=1S/C17H14BrN5O/c18-14-8-6-13(7-9-14)11-19-22-17-20-16(24)15(21-23-17)10-12-4-2-1-3-5-12/h1-9,11H,10H2,(H2,20,22,23,24)/b19-11-. The van der Waals surface area contributed by atoms with Crippen LogP contribution >= 0.6 is 15.9 Å². The normalized spacial score (nSPS) is 10.9. The number of aromatic nitrogens is 3. The highest BCUT2D eigenvalue weighted by Crippen LogP contribution is 2.09. The van der Waals surface area contributed by atoms with Gasteiger partial charge in [-0.05, 0) is 23.3 Å². The van der Waals surface area contributed by atoms with Crippen LogP contribution < -0.4 is 11.0 Å². The third-order valence-electron chi connectivity index (χ3n) is 3.23. The molecule has 0 atom stereocenters. The van der Waals surface area contributed by atoms with Crippen molar-refractivity contribution < 1.29 is 0 Å². The van der Waals surface area contributed by atoms with Crippen molar-refractivity contribution in [2.75, 3.05) is 5.43 Å². The van der Waals surface area contributed by atoms with E-state index in [1.165, 1.54) is 0 Å². The first-order valence-corrected chi connectivity index (χ1v) is 8.04. The predicted octanol–water partition coefficient (Wildman–Crippen LogP) is 2.96. The zero-order valence-corrected chi connectivity index (χ0v) is 14.2. The molecule has 6 nitrogen and oxygen atoms in total. The number of nitrogens with one attached hydrogen (secondary N) is 2. The number of anilines is 1. The summed E-state index contributed by atoms with van der Waals surface area (Å²) in [6, 6.07) is 17.3. The highest BCUT2D eigenvalue weighted by atomic mass is 79.9. The Labute approximate surface area is 146 Å². The molecule has 0 saturated heterocycles. The van der Waals surface area contributed by atoms with Gasteiger partial charge in [-0.1, -0.05) is 58.4 Å². The van der Waals surface area contributed by atoms with Crippen LogP contribution in [0.3, 0.4) is 0 Å². The highest BCUT2D eigenvalue weighted by Gasteiger charge is 2.05. The van der Waals surface area contributed by atoms with Crippen molar-refractivity contribution in [3.8, 4) is 0 Å². The summed E-state index contributed by atoms with van der Waals surface area (Å²) in [4.78, 5) is 14.7. The number of hydrogen-bond acceptors (Lipinski definition) is 5. The van der Waals surface area contributed by atoms with Crippen LogP contribution in [-0.4, -0.2) is 21.4 Å². The van der Waals surface area contributed by atoms with Gasteiger partial charge in [0.1, 0.15) is 5.69 Å². The Morgan fingerprint density at radius 1 is 1.08 bits per heavy atom. The van der Waals surface area contributed by atoms with E-state index in [1.807, 2.05) is 54.6 Å². The Balaban J connectivity index is 1.66. The number of hydrogen-bond donors (Lipinski definition) is 2. The van der Waals surface area contributed by atoms with E-state index in [1.54, 1.807) is 6.21 Å². The molecule has 1 aromatic heterocycles. The molecule has 120 valence electrons. The van der Waals surface area contributed by atoms with E-state index in [4.69, 9.17) is 0 Å². The fourth-order valence-corrected chi connectivity index (χ4v) is 2.30. The molecule has 0 fully saturated rings. The van der Waals surface area contributed by atoms with Gasteiger partial charge in [-0.2, -0.15) is 5.10 Å². The summed E-state index contributed by atoms with van der Waals surface area (Å²) in [7, 11) is 0. The van der Waals surface area contributed by atoms with Gasteiger partial charge >= 0.3 is 0 Å². The molecule has 3 aromatic rings.